The molecule has 1 aromatic heterocycles. The van der Waals surface area contributed by atoms with Crippen LogP contribution in [0.1, 0.15) is 37.9 Å². The average Bonchev–Trinajstić information content (AvgIpc) is 2.57. The summed E-state index contributed by atoms with van der Waals surface area (Å²) >= 11 is 1.63. The Balaban J connectivity index is 2.30. The Hall–Kier alpha value is -0.450. The smallest absolute Gasteiger partial charge is 0.0956 e. The third-order valence-corrected chi connectivity index (χ3v) is 3.56. The highest BCUT2D eigenvalue weighted by atomic mass is 32.1. The molecule has 0 spiro atoms. The van der Waals surface area contributed by atoms with Gasteiger partial charge in [-0.2, -0.15) is 0 Å². The predicted octanol–water partition coefficient (Wildman–Crippen LogP) is 2.38. The van der Waals surface area contributed by atoms with Crippen molar-refractivity contribution in [2.45, 2.75) is 46.1 Å². The Morgan fingerprint density at radius 3 is 2.76 bits per heavy atom. The van der Waals surface area contributed by atoms with Crippen molar-refractivity contribution in [3.8, 4) is 0 Å². The molecule has 1 heterocycles. The fourth-order valence-electron chi connectivity index (χ4n) is 1.65. The van der Waals surface area contributed by atoms with Gasteiger partial charge in [-0.15, -0.1) is 11.3 Å². The van der Waals surface area contributed by atoms with Crippen molar-refractivity contribution in [1.82, 2.24) is 10.3 Å². The molecule has 1 rings (SSSR count). The van der Waals surface area contributed by atoms with E-state index in [4.69, 9.17) is 0 Å². The second-order valence-corrected chi connectivity index (χ2v) is 6.35. The molecule has 4 heteroatoms. The van der Waals surface area contributed by atoms with Gasteiger partial charge in [0, 0.05) is 17.5 Å². The average molecular weight is 256 g/mol. The first-order valence-corrected chi connectivity index (χ1v) is 7.11. The molecule has 0 aliphatic heterocycles. The van der Waals surface area contributed by atoms with E-state index in [1.165, 1.54) is 0 Å². The lowest BCUT2D eigenvalue weighted by Gasteiger charge is -2.22. The highest BCUT2D eigenvalue weighted by Gasteiger charge is 2.21. The second-order valence-electron chi connectivity index (χ2n) is 5.40. The lowest BCUT2D eigenvalue weighted by molar-refractivity contribution is 0.0513. The molecule has 0 aliphatic carbocycles. The van der Waals surface area contributed by atoms with Gasteiger partial charge in [0.25, 0.3) is 0 Å². The molecule has 0 aromatic carbocycles. The predicted molar refractivity (Wildman–Crippen MR) is 73.5 cm³/mol. The van der Waals surface area contributed by atoms with E-state index in [1.54, 1.807) is 11.3 Å². The minimum Gasteiger partial charge on any atom is -0.390 e. The summed E-state index contributed by atoms with van der Waals surface area (Å²) in [5, 5.41) is 16.7. The summed E-state index contributed by atoms with van der Waals surface area (Å²) in [6.07, 6.45) is 1.41. The molecule has 1 aromatic rings. The number of thiazole rings is 1. The number of aromatic nitrogens is 1. The summed E-state index contributed by atoms with van der Waals surface area (Å²) in [4.78, 5) is 4.39. The standard InChI is InChI=1S/C13H24N2OS/c1-10(2)8-14-6-5-13(4,16)7-12-15-11(3)9-17-12/h9-10,14,16H,5-8H2,1-4H3. The van der Waals surface area contributed by atoms with Gasteiger partial charge in [-0.3, -0.25) is 0 Å². The highest BCUT2D eigenvalue weighted by molar-refractivity contribution is 7.09. The number of aryl methyl sites for hydroxylation is 1. The monoisotopic (exact) mass is 256 g/mol. The first-order valence-electron chi connectivity index (χ1n) is 6.23. The van der Waals surface area contributed by atoms with Crippen LogP contribution >= 0.6 is 11.3 Å². The highest BCUT2D eigenvalue weighted by Crippen LogP contribution is 2.19. The molecular formula is C13H24N2OS. The van der Waals surface area contributed by atoms with Crippen LogP contribution in [-0.2, 0) is 6.42 Å². The lowest BCUT2D eigenvalue weighted by Crippen LogP contribution is -2.33. The summed E-state index contributed by atoms with van der Waals surface area (Å²) < 4.78 is 0. The molecule has 3 nitrogen and oxygen atoms in total. The molecule has 0 bridgehead atoms. The van der Waals surface area contributed by atoms with E-state index in [9.17, 15) is 5.11 Å². The normalized spacial score (nSPS) is 15.2. The molecule has 1 unspecified atom stereocenters. The SMILES string of the molecule is Cc1csc(CC(C)(O)CCNCC(C)C)n1. The van der Waals surface area contributed by atoms with Crippen molar-refractivity contribution in [3.63, 3.8) is 0 Å². The lowest BCUT2D eigenvalue weighted by atomic mass is 9.98. The van der Waals surface area contributed by atoms with E-state index in [-0.39, 0.29) is 0 Å². The van der Waals surface area contributed by atoms with Crippen molar-refractivity contribution in [3.05, 3.63) is 16.1 Å². The first-order chi connectivity index (χ1) is 7.89. The topological polar surface area (TPSA) is 45.1 Å². The van der Waals surface area contributed by atoms with Crippen LogP contribution in [0, 0.1) is 12.8 Å². The number of nitrogens with zero attached hydrogens (tertiary/aromatic N) is 1. The van der Waals surface area contributed by atoms with Crippen LogP contribution < -0.4 is 5.32 Å². The fourth-order valence-corrected chi connectivity index (χ4v) is 2.60. The molecule has 17 heavy (non-hydrogen) atoms. The molecule has 2 N–H and O–H groups in total. The Kier molecular flexibility index (Phi) is 5.56. The van der Waals surface area contributed by atoms with Gasteiger partial charge in [0.2, 0.25) is 0 Å². The van der Waals surface area contributed by atoms with E-state index >= 15 is 0 Å². The zero-order chi connectivity index (χ0) is 12.9. The first kappa shape index (κ1) is 14.6. The van der Waals surface area contributed by atoms with Gasteiger partial charge in [0.05, 0.1) is 10.6 Å². The van der Waals surface area contributed by atoms with Crippen LogP contribution in [0.3, 0.4) is 0 Å². The minimum atomic E-state index is -0.658. The maximum absolute atomic E-state index is 10.3. The minimum absolute atomic E-state index is 0.648. The number of hydrogen-bond donors (Lipinski definition) is 2. The van der Waals surface area contributed by atoms with E-state index < -0.39 is 5.60 Å². The second kappa shape index (κ2) is 6.47. The van der Waals surface area contributed by atoms with Crippen LogP contribution in [0.25, 0.3) is 0 Å². The summed E-state index contributed by atoms with van der Waals surface area (Å²) in [6.45, 7) is 10.1. The van der Waals surface area contributed by atoms with Gasteiger partial charge in [-0.1, -0.05) is 13.8 Å². The molecule has 0 saturated carbocycles. The maximum Gasteiger partial charge on any atom is 0.0956 e. The number of aliphatic hydroxyl groups is 1. The quantitative estimate of drug-likeness (QED) is 0.736. The van der Waals surface area contributed by atoms with Gasteiger partial charge in [-0.25, -0.2) is 4.98 Å². The van der Waals surface area contributed by atoms with Crippen LogP contribution in [0.4, 0.5) is 0 Å². The summed E-state index contributed by atoms with van der Waals surface area (Å²) in [5.74, 6) is 0.654. The van der Waals surface area contributed by atoms with E-state index in [0.717, 1.165) is 30.2 Å². The van der Waals surface area contributed by atoms with Crippen molar-refractivity contribution >= 4 is 11.3 Å². The Bertz CT molecular complexity index is 334. The van der Waals surface area contributed by atoms with Gasteiger partial charge in [0.15, 0.2) is 0 Å². The van der Waals surface area contributed by atoms with Crippen LogP contribution in [0.2, 0.25) is 0 Å². The number of hydrogen-bond acceptors (Lipinski definition) is 4. The fraction of sp³-hybridized carbons (Fsp3) is 0.769. The van der Waals surface area contributed by atoms with E-state index in [2.05, 4.69) is 24.1 Å². The zero-order valence-corrected chi connectivity index (χ0v) is 12.1. The number of nitrogens with one attached hydrogen (secondary N) is 1. The molecule has 98 valence electrons. The van der Waals surface area contributed by atoms with Crippen molar-refractivity contribution in [2.75, 3.05) is 13.1 Å². The molecular weight excluding hydrogens is 232 g/mol. The molecule has 1 atom stereocenters. The van der Waals surface area contributed by atoms with Gasteiger partial charge >= 0.3 is 0 Å². The van der Waals surface area contributed by atoms with Crippen molar-refractivity contribution < 1.29 is 5.11 Å². The Morgan fingerprint density at radius 2 is 2.24 bits per heavy atom. The van der Waals surface area contributed by atoms with E-state index in [1.807, 2.05) is 19.2 Å². The van der Waals surface area contributed by atoms with Crippen molar-refractivity contribution in [2.24, 2.45) is 5.92 Å². The van der Waals surface area contributed by atoms with Crippen molar-refractivity contribution in [1.29, 1.82) is 0 Å². The molecule has 0 fully saturated rings. The van der Waals surface area contributed by atoms with Crippen LogP contribution in [-0.4, -0.2) is 28.8 Å². The molecule has 0 radical (unpaired) electrons. The Labute approximate surface area is 108 Å². The van der Waals surface area contributed by atoms with Crippen LogP contribution in [0.15, 0.2) is 5.38 Å². The van der Waals surface area contributed by atoms with Gasteiger partial charge in [0.1, 0.15) is 0 Å². The third-order valence-electron chi connectivity index (χ3n) is 2.59. The molecule has 0 amide bonds. The van der Waals surface area contributed by atoms with Gasteiger partial charge in [-0.05, 0) is 39.3 Å². The summed E-state index contributed by atoms with van der Waals surface area (Å²) in [5.41, 5.74) is 0.382. The number of rotatable bonds is 7. The maximum atomic E-state index is 10.3. The largest absolute Gasteiger partial charge is 0.390 e. The Morgan fingerprint density at radius 1 is 1.53 bits per heavy atom. The molecule has 0 saturated heterocycles. The third kappa shape index (κ3) is 6.15. The van der Waals surface area contributed by atoms with Crippen LogP contribution in [0.5, 0.6) is 0 Å². The zero-order valence-electron chi connectivity index (χ0n) is 11.3. The van der Waals surface area contributed by atoms with E-state index in [0.29, 0.717) is 12.3 Å². The summed E-state index contributed by atoms with van der Waals surface area (Å²) in [7, 11) is 0. The summed E-state index contributed by atoms with van der Waals surface area (Å²) in [6, 6.07) is 0. The van der Waals surface area contributed by atoms with Gasteiger partial charge < -0.3 is 10.4 Å². The molecule has 0 aliphatic rings.